The van der Waals surface area contributed by atoms with E-state index < -0.39 is 0 Å². The lowest BCUT2D eigenvalue weighted by atomic mass is 10.3. The first-order valence-electron chi connectivity index (χ1n) is 4.61. The Bertz CT molecular complexity index is 180. The van der Waals surface area contributed by atoms with Crippen molar-refractivity contribution in [3.05, 3.63) is 0 Å². The Hall–Kier alpha value is 0.0500. The van der Waals surface area contributed by atoms with Crippen LogP contribution in [0.15, 0.2) is 0 Å². The van der Waals surface area contributed by atoms with Gasteiger partial charge in [0.05, 0.1) is 0 Å². The molecule has 0 spiro atoms. The van der Waals surface area contributed by atoms with Crippen molar-refractivity contribution in [2.45, 2.75) is 13.3 Å². The van der Waals surface area contributed by atoms with E-state index in [1.54, 1.807) is 4.90 Å². The molecule has 1 fully saturated rings. The fourth-order valence-corrected chi connectivity index (χ4v) is 1.85. The second kappa shape index (κ2) is 5.06. The highest BCUT2D eigenvalue weighted by atomic mass is 35.5. The molecule has 0 aromatic carbocycles. The maximum absolute atomic E-state index is 11.7. The summed E-state index contributed by atoms with van der Waals surface area (Å²) < 4.78 is 0. The number of carbonyl (C=O) groups is 1. The van der Waals surface area contributed by atoms with Gasteiger partial charge in [-0.2, -0.15) is 0 Å². The number of halogens is 2. The number of amides is 1. The van der Waals surface area contributed by atoms with Crippen LogP contribution in [0.3, 0.4) is 0 Å². The van der Waals surface area contributed by atoms with Gasteiger partial charge in [-0.15, -0.1) is 23.2 Å². The van der Waals surface area contributed by atoms with Crippen molar-refractivity contribution in [2.75, 3.05) is 24.8 Å². The van der Waals surface area contributed by atoms with Gasteiger partial charge in [0.2, 0.25) is 5.91 Å². The quantitative estimate of drug-likeness (QED) is 0.653. The third-order valence-corrected chi connectivity index (χ3v) is 2.79. The number of nitrogens with zero attached hydrogens (tertiary/aromatic N) is 1. The van der Waals surface area contributed by atoms with Crippen molar-refractivity contribution in [3.8, 4) is 0 Å². The van der Waals surface area contributed by atoms with Crippen LogP contribution >= 0.6 is 23.2 Å². The molecule has 2 unspecified atom stereocenters. The topological polar surface area (TPSA) is 20.3 Å². The number of hydrogen-bond donors (Lipinski definition) is 0. The molecule has 1 amide bonds. The molecule has 1 aliphatic rings. The lowest BCUT2D eigenvalue weighted by Gasteiger charge is -2.20. The summed E-state index contributed by atoms with van der Waals surface area (Å²) in [5.74, 6) is 2.01. The molecule has 0 saturated heterocycles. The van der Waals surface area contributed by atoms with E-state index in [1.165, 1.54) is 0 Å². The Morgan fingerprint density at radius 3 is 2.15 bits per heavy atom. The highest BCUT2D eigenvalue weighted by Gasteiger charge is 2.41. The molecule has 0 aliphatic heterocycles. The maximum Gasteiger partial charge on any atom is 0.226 e. The molecule has 0 aromatic rings. The van der Waals surface area contributed by atoms with Crippen LogP contribution in [-0.2, 0) is 4.79 Å². The van der Waals surface area contributed by atoms with E-state index in [4.69, 9.17) is 23.2 Å². The van der Waals surface area contributed by atoms with Gasteiger partial charge in [0.25, 0.3) is 0 Å². The van der Waals surface area contributed by atoms with Crippen molar-refractivity contribution in [1.29, 1.82) is 0 Å². The van der Waals surface area contributed by atoms with Gasteiger partial charge in [0, 0.05) is 30.8 Å². The normalized spacial score (nSPS) is 25.8. The lowest BCUT2D eigenvalue weighted by Crippen LogP contribution is -2.35. The standard InChI is InChI=1S/C9H15Cl2NO/c1-7-6-8(7)9(13)12(4-2-10)5-3-11/h7-8H,2-6H2,1H3. The number of hydrogen-bond acceptors (Lipinski definition) is 1. The molecule has 0 bridgehead atoms. The zero-order chi connectivity index (χ0) is 9.84. The summed E-state index contributed by atoms with van der Waals surface area (Å²) >= 11 is 11.2. The van der Waals surface area contributed by atoms with Crippen LogP contribution in [0.4, 0.5) is 0 Å². The molecule has 0 heterocycles. The lowest BCUT2D eigenvalue weighted by molar-refractivity contribution is -0.132. The van der Waals surface area contributed by atoms with Crippen LogP contribution in [0.2, 0.25) is 0 Å². The average Bonchev–Trinajstić information content (AvgIpc) is 2.81. The Morgan fingerprint density at radius 2 is 1.85 bits per heavy atom. The summed E-state index contributed by atoms with van der Waals surface area (Å²) in [6.45, 7) is 3.34. The molecule has 0 aromatic heterocycles. The van der Waals surface area contributed by atoms with Crippen molar-refractivity contribution in [1.82, 2.24) is 4.90 Å². The second-order valence-electron chi connectivity index (χ2n) is 3.52. The molecular formula is C9H15Cl2NO. The third kappa shape index (κ3) is 3.03. The number of carbonyl (C=O) groups excluding carboxylic acids is 1. The van der Waals surface area contributed by atoms with Crippen molar-refractivity contribution >= 4 is 29.1 Å². The van der Waals surface area contributed by atoms with Crippen LogP contribution in [0.1, 0.15) is 13.3 Å². The van der Waals surface area contributed by atoms with E-state index in [9.17, 15) is 4.79 Å². The maximum atomic E-state index is 11.7. The minimum absolute atomic E-state index is 0.230. The SMILES string of the molecule is CC1CC1C(=O)N(CCCl)CCCl. The van der Waals surface area contributed by atoms with Crippen LogP contribution in [0, 0.1) is 11.8 Å². The fourth-order valence-electron chi connectivity index (χ4n) is 1.44. The Balaban J connectivity index is 2.38. The monoisotopic (exact) mass is 223 g/mol. The largest absolute Gasteiger partial charge is 0.340 e. The van der Waals surface area contributed by atoms with Gasteiger partial charge in [-0.25, -0.2) is 0 Å². The molecule has 0 radical (unpaired) electrons. The molecule has 76 valence electrons. The minimum atomic E-state index is 0.230. The summed E-state index contributed by atoms with van der Waals surface area (Å²) in [5.41, 5.74) is 0. The first-order valence-corrected chi connectivity index (χ1v) is 5.68. The van der Waals surface area contributed by atoms with Gasteiger partial charge in [-0.1, -0.05) is 6.92 Å². The molecule has 2 nitrogen and oxygen atoms in total. The van der Waals surface area contributed by atoms with Crippen LogP contribution in [0.25, 0.3) is 0 Å². The summed E-state index contributed by atoms with van der Waals surface area (Å²) in [7, 11) is 0. The van der Waals surface area contributed by atoms with E-state index in [0.717, 1.165) is 6.42 Å². The zero-order valence-corrected chi connectivity index (χ0v) is 9.31. The van der Waals surface area contributed by atoms with Crippen molar-refractivity contribution < 1.29 is 4.79 Å². The number of rotatable bonds is 5. The minimum Gasteiger partial charge on any atom is -0.340 e. The summed E-state index contributed by atoms with van der Waals surface area (Å²) in [5, 5.41) is 0. The smallest absolute Gasteiger partial charge is 0.226 e. The molecule has 4 heteroatoms. The van der Waals surface area contributed by atoms with E-state index >= 15 is 0 Å². The molecule has 1 saturated carbocycles. The summed E-state index contributed by atoms with van der Waals surface area (Å²) in [6, 6.07) is 0. The van der Waals surface area contributed by atoms with Crippen molar-refractivity contribution in [2.24, 2.45) is 11.8 Å². The van der Waals surface area contributed by atoms with E-state index in [2.05, 4.69) is 6.92 Å². The second-order valence-corrected chi connectivity index (χ2v) is 4.28. The highest BCUT2D eigenvalue weighted by molar-refractivity contribution is 6.18. The van der Waals surface area contributed by atoms with Gasteiger partial charge in [-0.05, 0) is 12.3 Å². The fraction of sp³-hybridized carbons (Fsp3) is 0.889. The molecule has 1 aliphatic carbocycles. The summed E-state index contributed by atoms with van der Waals surface area (Å²) in [4.78, 5) is 13.5. The van der Waals surface area contributed by atoms with Gasteiger partial charge >= 0.3 is 0 Å². The van der Waals surface area contributed by atoms with Crippen molar-refractivity contribution in [3.63, 3.8) is 0 Å². The third-order valence-electron chi connectivity index (χ3n) is 2.45. The van der Waals surface area contributed by atoms with Gasteiger partial charge in [-0.3, -0.25) is 4.79 Å². The molecule has 0 N–H and O–H groups in total. The highest BCUT2D eigenvalue weighted by Crippen LogP contribution is 2.39. The van der Waals surface area contributed by atoms with Crippen LogP contribution < -0.4 is 0 Å². The van der Waals surface area contributed by atoms with E-state index in [1.807, 2.05) is 0 Å². The Kier molecular flexibility index (Phi) is 4.33. The molecular weight excluding hydrogens is 209 g/mol. The van der Waals surface area contributed by atoms with Crippen LogP contribution in [-0.4, -0.2) is 35.7 Å². The van der Waals surface area contributed by atoms with Crippen LogP contribution in [0.5, 0.6) is 0 Å². The van der Waals surface area contributed by atoms with Gasteiger partial charge in [0.15, 0.2) is 0 Å². The Labute approximate surface area is 89.2 Å². The Morgan fingerprint density at radius 1 is 1.38 bits per heavy atom. The van der Waals surface area contributed by atoms with Gasteiger partial charge < -0.3 is 4.90 Å². The van der Waals surface area contributed by atoms with Gasteiger partial charge in [0.1, 0.15) is 0 Å². The summed E-state index contributed by atoms with van der Waals surface area (Å²) in [6.07, 6.45) is 1.03. The number of alkyl halides is 2. The molecule has 13 heavy (non-hydrogen) atoms. The average molecular weight is 224 g/mol. The zero-order valence-electron chi connectivity index (χ0n) is 7.80. The first kappa shape index (κ1) is 11.1. The van der Waals surface area contributed by atoms with E-state index in [-0.39, 0.29) is 11.8 Å². The predicted molar refractivity (Wildman–Crippen MR) is 55.3 cm³/mol. The predicted octanol–water partition coefficient (Wildman–Crippen LogP) is 1.95. The first-order chi connectivity index (χ1) is 6.20. The molecule has 2 atom stereocenters. The van der Waals surface area contributed by atoms with E-state index in [0.29, 0.717) is 30.8 Å². The molecule has 1 rings (SSSR count).